The molecule has 0 saturated carbocycles. The van der Waals surface area contributed by atoms with E-state index in [9.17, 15) is 4.79 Å². The first-order chi connectivity index (χ1) is 5.81. The Balaban J connectivity index is 2.82. The molecule has 2 aromatic rings. The maximum absolute atomic E-state index is 10.5. The molecular weight excluding hydrogens is 170 g/mol. The molecule has 0 saturated heterocycles. The van der Waals surface area contributed by atoms with Gasteiger partial charge < -0.3 is 0 Å². The molecule has 0 aliphatic rings. The maximum Gasteiger partial charge on any atom is 0.160 e. The van der Waals surface area contributed by atoms with Gasteiger partial charge in [-0.3, -0.25) is 9.78 Å². The van der Waals surface area contributed by atoms with Crippen LogP contribution in [0.2, 0.25) is 0 Å². The van der Waals surface area contributed by atoms with Crippen LogP contribution >= 0.6 is 11.3 Å². The van der Waals surface area contributed by atoms with Crippen molar-refractivity contribution in [1.29, 1.82) is 0 Å². The van der Waals surface area contributed by atoms with E-state index in [1.165, 1.54) is 16.9 Å². The van der Waals surface area contributed by atoms with Crippen molar-refractivity contribution in [3.8, 4) is 0 Å². The number of carbonyl (C=O) groups is 1. The molecule has 0 fully saturated rings. The van der Waals surface area contributed by atoms with E-state index in [4.69, 9.17) is 0 Å². The molecule has 3 heteroatoms. The Morgan fingerprint density at radius 3 is 3.08 bits per heavy atom. The Labute approximate surface area is 73.9 Å². The minimum absolute atomic E-state index is 0.742. The number of pyridine rings is 1. The lowest BCUT2D eigenvalue weighted by Gasteiger charge is -1.90. The average Bonchev–Trinajstić information content (AvgIpc) is 2.49. The Bertz CT molecular complexity index is 433. The number of aryl methyl sites for hydroxylation is 1. The molecule has 12 heavy (non-hydrogen) atoms. The number of hydrogen-bond donors (Lipinski definition) is 0. The van der Waals surface area contributed by atoms with Crippen molar-refractivity contribution >= 4 is 27.8 Å². The molecule has 0 atom stereocenters. The van der Waals surface area contributed by atoms with Gasteiger partial charge in [-0.1, -0.05) is 0 Å². The van der Waals surface area contributed by atoms with Gasteiger partial charge in [0.15, 0.2) is 6.29 Å². The summed E-state index contributed by atoms with van der Waals surface area (Å²) >= 11 is 1.49. The number of thiophene rings is 1. The largest absolute Gasteiger partial charge is 0.297 e. The Kier molecular flexibility index (Phi) is 1.66. The minimum Gasteiger partial charge on any atom is -0.297 e. The van der Waals surface area contributed by atoms with Gasteiger partial charge in [-0.2, -0.15) is 0 Å². The fraction of sp³-hybridized carbons (Fsp3) is 0.111. The average molecular weight is 177 g/mol. The van der Waals surface area contributed by atoms with Gasteiger partial charge in [0.2, 0.25) is 0 Å². The lowest BCUT2D eigenvalue weighted by atomic mass is 10.3. The van der Waals surface area contributed by atoms with E-state index < -0.39 is 0 Å². The number of aromatic nitrogens is 1. The molecule has 2 nitrogen and oxygen atoms in total. The quantitative estimate of drug-likeness (QED) is 0.626. The highest BCUT2D eigenvalue weighted by atomic mass is 32.1. The Hall–Kier alpha value is -1.22. The molecule has 2 aromatic heterocycles. The van der Waals surface area contributed by atoms with E-state index in [-0.39, 0.29) is 0 Å². The summed E-state index contributed by atoms with van der Waals surface area (Å²) in [5.74, 6) is 0. The number of aldehydes is 1. The van der Waals surface area contributed by atoms with Crippen LogP contribution in [0.5, 0.6) is 0 Å². The molecule has 0 aliphatic carbocycles. The van der Waals surface area contributed by atoms with E-state index in [1.54, 1.807) is 6.20 Å². The monoisotopic (exact) mass is 177 g/mol. The zero-order valence-corrected chi connectivity index (χ0v) is 7.39. The normalized spacial score (nSPS) is 10.4. The van der Waals surface area contributed by atoms with Crippen LogP contribution in [-0.4, -0.2) is 11.3 Å². The number of hydrogen-bond acceptors (Lipinski definition) is 3. The van der Waals surface area contributed by atoms with Crippen LogP contribution in [0.4, 0.5) is 0 Å². The standard InChI is InChI=1S/C9H7NOS/c1-6-2-3-10-8-4-7(5-11)12-9(6)8/h2-5H,1H3. The van der Waals surface area contributed by atoms with E-state index in [1.807, 2.05) is 19.1 Å². The molecule has 60 valence electrons. The molecule has 2 rings (SSSR count). The van der Waals surface area contributed by atoms with Crippen LogP contribution in [0.25, 0.3) is 10.2 Å². The fourth-order valence-electron chi connectivity index (χ4n) is 1.14. The van der Waals surface area contributed by atoms with Crippen molar-refractivity contribution in [2.45, 2.75) is 6.92 Å². The van der Waals surface area contributed by atoms with E-state index in [2.05, 4.69) is 4.98 Å². The lowest BCUT2D eigenvalue weighted by molar-refractivity contribution is 0.112. The number of carbonyl (C=O) groups excluding carboxylic acids is 1. The topological polar surface area (TPSA) is 30.0 Å². The molecule has 0 aromatic carbocycles. The van der Waals surface area contributed by atoms with Crippen molar-refractivity contribution in [2.75, 3.05) is 0 Å². The Morgan fingerprint density at radius 2 is 2.42 bits per heavy atom. The van der Waals surface area contributed by atoms with Gasteiger partial charge in [0.1, 0.15) is 0 Å². The summed E-state index contributed by atoms with van der Waals surface area (Å²) in [4.78, 5) is 15.4. The summed E-state index contributed by atoms with van der Waals surface area (Å²) in [5.41, 5.74) is 2.10. The van der Waals surface area contributed by atoms with Gasteiger partial charge in [0, 0.05) is 6.20 Å². The zero-order chi connectivity index (χ0) is 8.55. The summed E-state index contributed by atoms with van der Waals surface area (Å²) in [6.07, 6.45) is 2.63. The third-order valence-electron chi connectivity index (χ3n) is 1.74. The Morgan fingerprint density at radius 1 is 1.58 bits per heavy atom. The van der Waals surface area contributed by atoms with Gasteiger partial charge in [0.25, 0.3) is 0 Å². The number of rotatable bonds is 1. The van der Waals surface area contributed by atoms with Crippen molar-refractivity contribution in [2.24, 2.45) is 0 Å². The molecule has 0 spiro atoms. The highest BCUT2D eigenvalue weighted by Crippen LogP contribution is 2.25. The maximum atomic E-state index is 10.5. The van der Waals surface area contributed by atoms with Crippen molar-refractivity contribution in [3.63, 3.8) is 0 Å². The molecule has 0 unspecified atom stereocenters. The molecular formula is C9H7NOS. The number of fused-ring (bicyclic) bond motifs is 1. The lowest BCUT2D eigenvalue weighted by Crippen LogP contribution is -1.74. The molecule has 0 radical (unpaired) electrons. The van der Waals surface area contributed by atoms with Crippen LogP contribution in [0, 0.1) is 6.92 Å². The molecule has 0 N–H and O–H groups in total. The summed E-state index contributed by atoms with van der Waals surface area (Å²) in [6, 6.07) is 3.77. The van der Waals surface area contributed by atoms with Gasteiger partial charge in [-0.05, 0) is 24.6 Å². The molecule has 0 amide bonds. The SMILES string of the molecule is Cc1ccnc2cc(C=O)sc12. The van der Waals surface area contributed by atoms with Crippen LogP contribution in [0.3, 0.4) is 0 Å². The summed E-state index contributed by atoms with van der Waals surface area (Å²) in [5, 5.41) is 0. The molecule has 0 aliphatic heterocycles. The minimum atomic E-state index is 0.742. The van der Waals surface area contributed by atoms with Crippen molar-refractivity contribution < 1.29 is 4.79 Å². The van der Waals surface area contributed by atoms with Crippen LogP contribution < -0.4 is 0 Å². The van der Waals surface area contributed by atoms with Crippen LogP contribution in [0.1, 0.15) is 15.2 Å². The second-order valence-corrected chi connectivity index (χ2v) is 3.69. The summed E-state index contributed by atoms with van der Waals surface area (Å²) in [7, 11) is 0. The first kappa shape index (κ1) is 7.43. The second-order valence-electron chi connectivity index (χ2n) is 2.61. The molecule has 0 bridgehead atoms. The predicted molar refractivity (Wildman–Crippen MR) is 49.7 cm³/mol. The van der Waals surface area contributed by atoms with Crippen LogP contribution in [0.15, 0.2) is 18.3 Å². The van der Waals surface area contributed by atoms with Crippen molar-refractivity contribution in [1.82, 2.24) is 4.98 Å². The molecule has 2 heterocycles. The van der Waals surface area contributed by atoms with E-state index in [0.29, 0.717) is 0 Å². The second kappa shape index (κ2) is 2.68. The first-order valence-electron chi connectivity index (χ1n) is 3.61. The third kappa shape index (κ3) is 1.02. The van der Waals surface area contributed by atoms with Gasteiger partial charge in [-0.15, -0.1) is 11.3 Å². The summed E-state index contributed by atoms with van der Waals surface area (Å²) in [6.45, 7) is 2.02. The third-order valence-corrected chi connectivity index (χ3v) is 2.93. The van der Waals surface area contributed by atoms with Crippen molar-refractivity contribution in [3.05, 3.63) is 28.8 Å². The van der Waals surface area contributed by atoms with E-state index >= 15 is 0 Å². The zero-order valence-electron chi connectivity index (χ0n) is 6.57. The summed E-state index contributed by atoms with van der Waals surface area (Å²) < 4.78 is 1.11. The van der Waals surface area contributed by atoms with Gasteiger partial charge in [0.05, 0.1) is 15.1 Å². The van der Waals surface area contributed by atoms with Gasteiger partial charge in [-0.25, -0.2) is 0 Å². The highest BCUT2D eigenvalue weighted by Gasteiger charge is 2.02. The first-order valence-corrected chi connectivity index (χ1v) is 4.43. The number of nitrogens with zero attached hydrogens (tertiary/aromatic N) is 1. The van der Waals surface area contributed by atoms with E-state index in [0.717, 1.165) is 21.4 Å². The van der Waals surface area contributed by atoms with Crippen LogP contribution in [-0.2, 0) is 0 Å². The smallest absolute Gasteiger partial charge is 0.160 e. The predicted octanol–water partition coefficient (Wildman–Crippen LogP) is 2.42. The highest BCUT2D eigenvalue weighted by molar-refractivity contribution is 7.20. The fourth-order valence-corrected chi connectivity index (χ4v) is 2.04. The van der Waals surface area contributed by atoms with Gasteiger partial charge >= 0.3 is 0 Å².